The van der Waals surface area contributed by atoms with Gasteiger partial charge in [0.2, 0.25) is 0 Å². The standard InChI is InChI=1S/C18H19ClO2/c1-2-14-13-16(10-11-17(14)19)21-12-6-9-18(20)15-7-4-3-5-8-15/h3-5,7-8,10-11,13H,2,6,9,12H2,1H3. The van der Waals surface area contributed by atoms with Crippen LogP contribution in [0.15, 0.2) is 48.5 Å². The molecule has 0 fully saturated rings. The molecule has 0 aliphatic heterocycles. The normalized spacial score (nSPS) is 10.4. The number of carbonyl (C=O) groups is 1. The number of benzene rings is 2. The van der Waals surface area contributed by atoms with Crippen LogP contribution in [0.25, 0.3) is 0 Å². The molecule has 2 aromatic carbocycles. The van der Waals surface area contributed by atoms with Crippen LogP contribution in [0.4, 0.5) is 0 Å². The van der Waals surface area contributed by atoms with E-state index >= 15 is 0 Å². The maximum atomic E-state index is 11.9. The van der Waals surface area contributed by atoms with Crippen molar-refractivity contribution in [3.63, 3.8) is 0 Å². The number of carbonyl (C=O) groups excluding carboxylic acids is 1. The van der Waals surface area contributed by atoms with Crippen LogP contribution < -0.4 is 4.74 Å². The Hall–Kier alpha value is -1.80. The molecule has 2 aromatic rings. The van der Waals surface area contributed by atoms with Gasteiger partial charge in [-0.3, -0.25) is 4.79 Å². The zero-order chi connectivity index (χ0) is 15.1. The van der Waals surface area contributed by atoms with Gasteiger partial charge < -0.3 is 4.74 Å². The molecule has 0 aromatic heterocycles. The molecule has 0 atom stereocenters. The van der Waals surface area contributed by atoms with Crippen LogP contribution in [0.2, 0.25) is 5.02 Å². The summed E-state index contributed by atoms with van der Waals surface area (Å²) in [5, 5.41) is 0.768. The molecule has 0 radical (unpaired) electrons. The van der Waals surface area contributed by atoms with Gasteiger partial charge in [-0.2, -0.15) is 0 Å². The lowest BCUT2D eigenvalue weighted by molar-refractivity contribution is 0.0973. The third kappa shape index (κ3) is 4.61. The number of Topliss-reactive ketones (excluding diaryl/α,β-unsaturated/α-hetero) is 1. The highest BCUT2D eigenvalue weighted by atomic mass is 35.5. The first kappa shape index (κ1) is 15.6. The van der Waals surface area contributed by atoms with Gasteiger partial charge in [0.25, 0.3) is 0 Å². The Labute approximate surface area is 130 Å². The highest BCUT2D eigenvalue weighted by molar-refractivity contribution is 6.31. The molecule has 2 nitrogen and oxygen atoms in total. The van der Waals surface area contributed by atoms with Gasteiger partial charge in [0.05, 0.1) is 6.61 Å². The van der Waals surface area contributed by atoms with Crippen LogP contribution in [0, 0.1) is 0 Å². The number of hydrogen-bond acceptors (Lipinski definition) is 2. The fraction of sp³-hybridized carbons (Fsp3) is 0.278. The first-order valence-corrected chi connectivity index (χ1v) is 7.58. The highest BCUT2D eigenvalue weighted by Crippen LogP contribution is 2.22. The maximum Gasteiger partial charge on any atom is 0.163 e. The zero-order valence-electron chi connectivity index (χ0n) is 12.1. The van der Waals surface area contributed by atoms with Crippen molar-refractivity contribution in [1.29, 1.82) is 0 Å². The van der Waals surface area contributed by atoms with E-state index in [0.29, 0.717) is 19.4 Å². The Morgan fingerprint density at radius 3 is 2.62 bits per heavy atom. The van der Waals surface area contributed by atoms with Gasteiger partial charge in [-0.25, -0.2) is 0 Å². The first-order chi connectivity index (χ1) is 10.2. The molecule has 0 aliphatic rings. The first-order valence-electron chi connectivity index (χ1n) is 7.20. The lowest BCUT2D eigenvalue weighted by atomic mass is 10.1. The molecule has 3 heteroatoms. The average molecular weight is 303 g/mol. The number of aryl methyl sites for hydroxylation is 1. The van der Waals surface area contributed by atoms with Crippen molar-refractivity contribution in [3.05, 3.63) is 64.7 Å². The molecule has 0 saturated heterocycles. The molecule has 0 N–H and O–H groups in total. The summed E-state index contributed by atoms with van der Waals surface area (Å²) in [6.45, 7) is 2.59. The Morgan fingerprint density at radius 1 is 1.14 bits per heavy atom. The van der Waals surface area contributed by atoms with Gasteiger partial charge in [-0.15, -0.1) is 0 Å². The largest absolute Gasteiger partial charge is 0.494 e. The summed E-state index contributed by atoms with van der Waals surface area (Å²) in [6, 6.07) is 15.0. The number of hydrogen-bond donors (Lipinski definition) is 0. The van der Waals surface area contributed by atoms with E-state index in [1.807, 2.05) is 48.5 Å². The second-order valence-electron chi connectivity index (χ2n) is 4.85. The summed E-state index contributed by atoms with van der Waals surface area (Å²) in [6.07, 6.45) is 2.08. The number of halogens is 1. The third-order valence-electron chi connectivity index (χ3n) is 3.31. The summed E-state index contributed by atoms with van der Waals surface area (Å²) < 4.78 is 5.68. The van der Waals surface area contributed by atoms with Crippen molar-refractivity contribution < 1.29 is 9.53 Å². The van der Waals surface area contributed by atoms with E-state index in [1.54, 1.807) is 0 Å². The SMILES string of the molecule is CCc1cc(OCCCC(=O)c2ccccc2)ccc1Cl. The number of ether oxygens (including phenoxy) is 1. The molecule has 0 spiro atoms. The summed E-state index contributed by atoms with van der Waals surface area (Å²) in [7, 11) is 0. The molecule has 2 rings (SSSR count). The quantitative estimate of drug-likeness (QED) is 0.534. The van der Waals surface area contributed by atoms with Gasteiger partial charge >= 0.3 is 0 Å². The third-order valence-corrected chi connectivity index (χ3v) is 3.68. The minimum Gasteiger partial charge on any atom is -0.494 e. The lowest BCUT2D eigenvalue weighted by Crippen LogP contribution is -2.04. The molecule has 0 heterocycles. The molecule has 0 unspecified atom stereocenters. The van der Waals surface area contributed by atoms with Crippen molar-refractivity contribution in [1.82, 2.24) is 0 Å². The second kappa shape index (κ2) is 7.84. The minimum atomic E-state index is 0.157. The molecule has 0 bridgehead atoms. The van der Waals surface area contributed by atoms with Crippen molar-refractivity contribution >= 4 is 17.4 Å². The van der Waals surface area contributed by atoms with Crippen LogP contribution in [0.5, 0.6) is 5.75 Å². The Balaban J connectivity index is 1.78. The van der Waals surface area contributed by atoms with E-state index in [9.17, 15) is 4.79 Å². The maximum absolute atomic E-state index is 11.9. The van der Waals surface area contributed by atoms with Crippen molar-refractivity contribution in [3.8, 4) is 5.75 Å². The lowest BCUT2D eigenvalue weighted by Gasteiger charge is -2.08. The summed E-state index contributed by atoms with van der Waals surface area (Å²) in [4.78, 5) is 11.9. The van der Waals surface area contributed by atoms with Crippen molar-refractivity contribution in [2.45, 2.75) is 26.2 Å². The molecule has 0 amide bonds. The Morgan fingerprint density at radius 2 is 1.90 bits per heavy atom. The average Bonchev–Trinajstić information content (AvgIpc) is 2.53. The number of ketones is 1. The number of rotatable bonds is 7. The monoisotopic (exact) mass is 302 g/mol. The Kier molecular flexibility index (Phi) is 5.82. The van der Waals surface area contributed by atoms with Gasteiger partial charge in [-0.1, -0.05) is 48.9 Å². The second-order valence-corrected chi connectivity index (χ2v) is 5.26. The van der Waals surface area contributed by atoms with Gasteiger partial charge in [0.15, 0.2) is 5.78 Å². The fourth-order valence-electron chi connectivity index (χ4n) is 2.10. The summed E-state index contributed by atoms with van der Waals surface area (Å²) >= 11 is 6.07. The summed E-state index contributed by atoms with van der Waals surface area (Å²) in [5.41, 5.74) is 1.84. The molecular formula is C18H19ClO2. The predicted molar refractivity (Wildman–Crippen MR) is 86.3 cm³/mol. The molecule has 0 aliphatic carbocycles. The predicted octanol–water partition coefficient (Wildman–Crippen LogP) is 4.94. The highest BCUT2D eigenvalue weighted by Gasteiger charge is 2.05. The van der Waals surface area contributed by atoms with Crippen LogP contribution in [-0.2, 0) is 6.42 Å². The van der Waals surface area contributed by atoms with E-state index in [4.69, 9.17) is 16.3 Å². The minimum absolute atomic E-state index is 0.157. The van der Waals surface area contributed by atoms with Crippen LogP contribution in [0.1, 0.15) is 35.7 Å². The van der Waals surface area contributed by atoms with Crippen molar-refractivity contribution in [2.24, 2.45) is 0 Å². The Bertz CT molecular complexity index is 593. The molecule has 21 heavy (non-hydrogen) atoms. The van der Waals surface area contributed by atoms with Gasteiger partial charge in [0.1, 0.15) is 5.75 Å². The zero-order valence-corrected chi connectivity index (χ0v) is 12.9. The van der Waals surface area contributed by atoms with E-state index in [0.717, 1.165) is 28.3 Å². The van der Waals surface area contributed by atoms with E-state index in [1.165, 1.54) is 0 Å². The topological polar surface area (TPSA) is 26.3 Å². The van der Waals surface area contributed by atoms with Gasteiger partial charge in [-0.05, 0) is 36.6 Å². The fourth-order valence-corrected chi connectivity index (χ4v) is 2.35. The van der Waals surface area contributed by atoms with Crippen LogP contribution in [0.3, 0.4) is 0 Å². The summed E-state index contributed by atoms with van der Waals surface area (Å²) in [5.74, 6) is 0.966. The molecule has 110 valence electrons. The van der Waals surface area contributed by atoms with Crippen LogP contribution in [-0.4, -0.2) is 12.4 Å². The van der Waals surface area contributed by atoms with E-state index in [2.05, 4.69) is 6.92 Å². The van der Waals surface area contributed by atoms with E-state index in [-0.39, 0.29) is 5.78 Å². The molecule has 0 saturated carbocycles. The van der Waals surface area contributed by atoms with E-state index < -0.39 is 0 Å². The molecular weight excluding hydrogens is 284 g/mol. The van der Waals surface area contributed by atoms with Crippen LogP contribution >= 0.6 is 11.6 Å². The van der Waals surface area contributed by atoms with Gasteiger partial charge in [0, 0.05) is 17.0 Å². The van der Waals surface area contributed by atoms with Crippen molar-refractivity contribution in [2.75, 3.05) is 6.61 Å². The smallest absolute Gasteiger partial charge is 0.163 e.